The van der Waals surface area contributed by atoms with Crippen molar-refractivity contribution in [3.05, 3.63) is 17.8 Å². The van der Waals surface area contributed by atoms with Crippen LogP contribution in [0.25, 0.3) is 0 Å². The van der Waals surface area contributed by atoms with E-state index < -0.39 is 0 Å². The normalized spacial score (nSPS) is 13.2. The van der Waals surface area contributed by atoms with Gasteiger partial charge in [-0.2, -0.15) is 0 Å². The monoisotopic (exact) mass is 169 g/mol. The Balaban J connectivity index is 2.38. The van der Waals surface area contributed by atoms with E-state index in [1.807, 2.05) is 13.8 Å². The highest BCUT2D eigenvalue weighted by atomic mass is 16.3. The van der Waals surface area contributed by atoms with Gasteiger partial charge >= 0.3 is 0 Å². The summed E-state index contributed by atoms with van der Waals surface area (Å²) < 4.78 is 5.14. The standard InChI is InChI=1S/C8H15N3O/c1-6(3-9)10-4-8-7(2)11-5-12-8/h5-6,10H,3-4,9H2,1-2H3/t6-/m1/s1. The molecule has 1 aromatic heterocycles. The maximum absolute atomic E-state index is 5.44. The van der Waals surface area contributed by atoms with Crippen LogP contribution in [0.2, 0.25) is 0 Å². The first kappa shape index (κ1) is 9.22. The molecule has 0 saturated heterocycles. The molecule has 0 unspecified atom stereocenters. The minimum absolute atomic E-state index is 0.314. The van der Waals surface area contributed by atoms with Gasteiger partial charge in [0.2, 0.25) is 0 Å². The maximum Gasteiger partial charge on any atom is 0.181 e. The van der Waals surface area contributed by atoms with Crippen molar-refractivity contribution in [2.24, 2.45) is 5.73 Å². The predicted molar refractivity (Wildman–Crippen MR) is 46.6 cm³/mol. The summed E-state index contributed by atoms with van der Waals surface area (Å²) in [6.07, 6.45) is 1.46. The van der Waals surface area contributed by atoms with Gasteiger partial charge in [-0.1, -0.05) is 0 Å². The number of aryl methyl sites for hydroxylation is 1. The lowest BCUT2D eigenvalue weighted by molar-refractivity contribution is 0.453. The SMILES string of the molecule is Cc1ncoc1CN[C@H](C)CN. The smallest absolute Gasteiger partial charge is 0.181 e. The lowest BCUT2D eigenvalue weighted by atomic mass is 10.3. The van der Waals surface area contributed by atoms with Crippen LogP contribution in [0.3, 0.4) is 0 Å². The lowest BCUT2D eigenvalue weighted by Gasteiger charge is -2.08. The van der Waals surface area contributed by atoms with Crippen LogP contribution in [0.5, 0.6) is 0 Å². The predicted octanol–water partition coefficient (Wildman–Crippen LogP) is 0.420. The van der Waals surface area contributed by atoms with Crippen molar-refractivity contribution in [2.75, 3.05) is 6.54 Å². The van der Waals surface area contributed by atoms with Crippen LogP contribution in [0.4, 0.5) is 0 Å². The Labute approximate surface area is 72.2 Å². The fourth-order valence-electron chi connectivity index (χ4n) is 0.846. The summed E-state index contributed by atoms with van der Waals surface area (Å²) in [5.74, 6) is 0.885. The molecule has 4 heteroatoms. The molecule has 0 saturated carbocycles. The first-order valence-electron chi connectivity index (χ1n) is 4.06. The third kappa shape index (κ3) is 2.32. The molecule has 0 spiro atoms. The van der Waals surface area contributed by atoms with Crippen LogP contribution in [-0.2, 0) is 6.54 Å². The van der Waals surface area contributed by atoms with Gasteiger partial charge in [0.15, 0.2) is 6.39 Å². The number of nitrogens with zero attached hydrogens (tertiary/aromatic N) is 1. The van der Waals surface area contributed by atoms with Crippen LogP contribution in [0.1, 0.15) is 18.4 Å². The molecule has 1 atom stereocenters. The van der Waals surface area contributed by atoms with Crippen molar-refractivity contribution in [1.29, 1.82) is 0 Å². The summed E-state index contributed by atoms with van der Waals surface area (Å²) in [4.78, 5) is 3.98. The summed E-state index contributed by atoms with van der Waals surface area (Å²) in [6.45, 7) is 5.29. The van der Waals surface area contributed by atoms with Crippen LogP contribution < -0.4 is 11.1 Å². The van der Waals surface area contributed by atoms with Crippen molar-refractivity contribution >= 4 is 0 Å². The third-order valence-corrected chi connectivity index (χ3v) is 1.81. The Kier molecular flexibility index (Phi) is 3.25. The number of hydrogen-bond acceptors (Lipinski definition) is 4. The van der Waals surface area contributed by atoms with E-state index in [9.17, 15) is 0 Å². The molecule has 0 aliphatic heterocycles. The molecule has 0 radical (unpaired) electrons. The summed E-state index contributed by atoms with van der Waals surface area (Å²) in [5.41, 5.74) is 6.38. The average Bonchev–Trinajstić information content (AvgIpc) is 2.47. The largest absolute Gasteiger partial charge is 0.447 e. The van der Waals surface area contributed by atoms with Crippen LogP contribution in [-0.4, -0.2) is 17.6 Å². The summed E-state index contributed by atoms with van der Waals surface area (Å²) in [7, 11) is 0. The Morgan fingerprint density at radius 2 is 2.50 bits per heavy atom. The van der Waals surface area contributed by atoms with E-state index >= 15 is 0 Å². The molecule has 68 valence electrons. The number of rotatable bonds is 4. The molecule has 12 heavy (non-hydrogen) atoms. The van der Waals surface area contributed by atoms with Crippen LogP contribution in [0, 0.1) is 6.92 Å². The zero-order chi connectivity index (χ0) is 8.97. The fourth-order valence-corrected chi connectivity index (χ4v) is 0.846. The summed E-state index contributed by atoms with van der Waals surface area (Å²) >= 11 is 0. The minimum Gasteiger partial charge on any atom is -0.447 e. The zero-order valence-electron chi connectivity index (χ0n) is 7.50. The van der Waals surface area contributed by atoms with Gasteiger partial charge in [0.1, 0.15) is 5.76 Å². The van der Waals surface area contributed by atoms with Gasteiger partial charge in [-0.3, -0.25) is 0 Å². The Bertz CT molecular complexity index is 234. The zero-order valence-corrected chi connectivity index (χ0v) is 7.50. The molecule has 0 amide bonds. The average molecular weight is 169 g/mol. The number of oxazole rings is 1. The van der Waals surface area contributed by atoms with E-state index in [1.54, 1.807) is 0 Å². The quantitative estimate of drug-likeness (QED) is 0.685. The lowest BCUT2D eigenvalue weighted by Crippen LogP contribution is -2.32. The Morgan fingerprint density at radius 3 is 3.00 bits per heavy atom. The number of nitrogens with two attached hydrogens (primary N) is 1. The molecule has 0 aromatic carbocycles. The Morgan fingerprint density at radius 1 is 1.75 bits per heavy atom. The van der Waals surface area contributed by atoms with Crippen molar-refractivity contribution in [2.45, 2.75) is 26.4 Å². The molecule has 0 aliphatic rings. The molecule has 0 fully saturated rings. The van der Waals surface area contributed by atoms with Crippen LogP contribution in [0.15, 0.2) is 10.8 Å². The molecule has 0 bridgehead atoms. The number of aromatic nitrogens is 1. The van der Waals surface area contributed by atoms with Crippen molar-refractivity contribution in [1.82, 2.24) is 10.3 Å². The maximum atomic E-state index is 5.44. The first-order chi connectivity index (χ1) is 5.74. The second-order valence-corrected chi connectivity index (χ2v) is 2.88. The van der Waals surface area contributed by atoms with E-state index in [-0.39, 0.29) is 0 Å². The van der Waals surface area contributed by atoms with Crippen molar-refractivity contribution < 1.29 is 4.42 Å². The molecule has 1 aromatic rings. The number of nitrogens with one attached hydrogen (secondary N) is 1. The van der Waals surface area contributed by atoms with Crippen molar-refractivity contribution in [3.8, 4) is 0 Å². The highest BCUT2D eigenvalue weighted by Crippen LogP contribution is 2.03. The van der Waals surface area contributed by atoms with E-state index in [1.165, 1.54) is 6.39 Å². The van der Waals surface area contributed by atoms with Gasteiger partial charge in [0.25, 0.3) is 0 Å². The first-order valence-corrected chi connectivity index (χ1v) is 4.06. The molecular formula is C8H15N3O. The molecule has 4 nitrogen and oxygen atoms in total. The van der Waals surface area contributed by atoms with Gasteiger partial charge in [-0.05, 0) is 13.8 Å². The van der Waals surface area contributed by atoms with Crippen LogP contribution >= 0.6 is 0 Å². The van der Waals surface area contributed by atoms with E-state index in [0.717, 1.165) is 11.5 Å². The van der Waals surface area contributed by atoms with Gasteiger partial charge < -0.3 is 15.5 Å². The second-order valence-electron chi connectivity index (χ2n) is 2.88. The Hall–Kier alpha value is -0.870. The van der Waals surface area contributed by atoms with Gasteiger partial charge in [0, 0.05) is 12.6 Å². The topological polar surface area (TPSA) is 64.1 Å². The highest BCUT2D eigenvalue weighted by molar-refractivity contribution is 5.03. The molecule has 1 rings (SSSR count). The van der Waals surface area contributed by atoms with Crippen molar-refractivity contribution in [3.63, 3.8) is 0 Å². The fraction of sp³-hybridized carbons (Fsp3) is 0.625. The van der Waals surface area contributed by atoms with E-state index in [0.29, 0.717) is 19.1 Å². The molecule has 1 heterocycles. The van der Waals surface area contributed by atoms with Gasteiger partial charge in [-0.25, -0.2) is 4.98 Å². The van der Waals surface area contributed by atoms with E-state index in [2.05, 4.69) is 10.3 Å². The van der Waals surface area contributed by atoms with E-state index in [4.69, 9.17) is 10.2 Å². The summed E-state index contributed by atoms with van der Waals surface area (Å²) in [5, 5.41) is 3.22. The molecular weight excluding hydrogens is 154 g/mol. The molecule has 0 aliphatic carbocycles. The molecule has 3 N–H and O–H groups in total. The third-order valence-electron chi connectivity index (χ3n) is 1.81. The second kappa shape index (κ2) is 4.23. The number of hydrogen-bond donors (Lipinski definition) is 2. The summed E-state index contributed by atoms with van der Waals surface area (Å²) in [6, 6.07) is 0.314. The van der Waals surface area contributed by atoms with Gasteiger partial charge in [0.05, 0.1) is 12.2 Å². The highest BCUT2D eigenvalue weighted by Gasteiger charge is 2.04. The minimum atomic E-state index is 0.314. The van der Waals surface area contributed by atoms with Gasteiger partial charge in [-0.15, -0.1) is 0 Å².